The van der Waals surface area contributed by atoms with Gasteiger partial charge in [-0.15, -0.1) is 12.6 Å². The van der Waals surface area contributed by atoms with E-state index in [-0.39, 0.29) is 24.0 Å². The zero-order chi connectivity index (χ0) is 11.6. The third kappa shape index (κ3) is 2.71. The van der Waals surface area contributed by atoms with Crippen molar-refractivity contribution in [1.82, 2.24) is 10.2 Å². The minimum absolute atomic E-state index is 0.235. The van der Waals surface area contributed by atoms with Crippen LogP contribution in [0.15, 0.2) is 0 Å². The number of thiol groups is 1. The fraction of sp³-hybridized carbons (Fsp3) is 0.667. The molecule has 0 unspecified atom stereocenters. The molecule has 0 aromatic carbocycles. The highest BCUT2D eigenvalue weighted by Crippen LogP contribution is 2.16. The van der Waals surface area contributed by atoms with Crippen molar-refractivity contribution in [3.63, 3.8) is 0 Å². The van der Waals surface area contributed by atoms with E-state index in [2.05, 4.69) is 17.9 Å². The molecular weight excluding hydrogens is 216 g/mol. The molecule has 0 bridgehead atoms. The Morgan fingerprint density at radius 3 is 2.47 bits per heavy atom. The van der Waals surface area contributed by atoms with Gasteiger partial charge in [0.25, 0.3) is 5.91 Å². The molecule has 5 nitrogen and oxygen atoms in total. The Hall–Kier alpha value is -1.04. The number of carbonyl (C=O) groups is 3. The Labute approximate surface area is 93.6 Å². The maximum absolute atomic E-state index is 11.7. The van der Waals surface area contributed by atoms with Crippen LogP contribution in [0, 0.1) is 0 Å². The summed E-state index contributed by atoms with van der Waals surface area (Å²) in [7, 11) is 0. The van der Waals surface area contributed by atoms with Crippen LogP contribution in [0.1, 0.15) is 26.7 Å². The van der Waals surface area contributed by atoms with E-state index in [0.717, 1.165) is 4.90 Å². The predicted octanol–water partition coefficient (Wildman–Crippen LogP) is 0.553. The molecule has 3 amide bonds. The summed E-state index contributed by atoms with van der Waals surface area (Å²) >= 11 is 3.61. The molecule has 0 atom stereocenters. The molecule has 0 spiro atoms. The minimum Gasteiger partial charge on any atom is -0.324 e. The molecule has 84 valence electrons. The molecule has 0 aromatic heterocycles. The van der Waals surface area contributed by atoms with E-state index in [1.54, 1.807) is 13.8 Å². The predicted molar refractivity (Wildman–Crippen MR) is 57.6 cm³/mol. The van der Waals surface area contributed by atoms with Crippen LogP contribution >= 0.6 is 12.6 Å². The smallest absolute Gasteiger partial charge is 0.324 e. The molecule has 1 N–H and O–H groups in total. The molecule has 1 rings (SSSR count). The maximum atomic E-state index is 11.7. The highest BCUT2D eigenvalue weighted by atomic mass is 32.1. The van der Waals surface area contributed by atoms with Gasteiger partial charge in [-0.2, -0.15) is 0 Å². The largest absolute Gasteiger partial charge is 0.325 e. The lowest BCUT2D eigenvalue weighted by Gasteiger charge is -2.15. The molecule has 1 aliphatic heterocycles. The number of nitrogens with one attached hydrogen (secondary N) is 1. The molecule has 1 fully saturated rings. The first kappa shape index (κ1) is 12.0. The highest BCUT2D eigenvalue weighted by molar-refractivity contribution is 7.96. The normalized spacial score (nSPS) is 19.3. The number of amides is 3. The number of carbonyl (C=O) groups excluding carboxylic acids is 3. The van der Waals surface area contributed by atoms with Gasteiger partial charge in [0.15, 0.2) is 5.12 Å². The molecule has 0 saturated carbocycles. The molecule has 1 heterocycles. The number of nitrogens with zero attached hydrogens (tertiary/aromatic N) is 1. The van der Waals surface area contributed by atoms with Gasteiger partial charge in [-0.05, 0) is 20.3 Å². The highest BCUT2D eigenvalue weighted by Gasteiger charge is 2.43. The number of imide groups is 1. The summed E-state index contributed by atoms with van der Waals surface area (Å²) in [5, 5.41) is 2.33. The van der Waals surface area contributed by atoms with Crippen LogP contribution < -0.4 is 5.32 Å². The van der Waals surface area contributed by atoms with Crippen LogP contribution in [0.5, 0.6) is 0 Å². The second kappa shape index (κ2) is 4.22. The van der Waals surface area contributed by atoms with Gasteiger partial charge in [0, 0.05) is 13.0 Å². The monoisotopic (exact) mass is 230 g/mol. The Bertz CT molecular complexity index is 314. The number of hydrogen-bond acceptors (Lipinski definition) is 3. The molecule has 0 aliphatic carbocycles. The van der Waals surface area contributed by atoms with Gasteiger partial charge < -0.3 is 5.32 Å². The molecule has 0 aromatic rings. The van der Waals surface area contributed by atoms with Crippen LogP contribution in [0.25, 0.3) is 0 Å². The van der Waals surface area contributed by atoms with E-state index in [0.29, 0.717) is 6.42 Å². The van der Waals surface area contributed by atoms with E-state index in [4.69, 9.17) is 0 Å². The van der Waals surface area contributed by atoms with E-state index < -0.39 is 11.6 Å². The molecule has 1 aliphatic rings. The third-order valence-electron chi connectivity index (χ3n) is 2.22. The van der Waals surface area contributed by atoms with E-state index >= 15 is 0 Å². The van der Waals surface area contributed by atoms with Crippen LogP contribution in [-0.4, -0.2) is 34.0 Å². The number of hydrogen-bond donors (Lipinski definition) is 2. The summed E-state index contributed by atoms with van der Waals surface area (Å²) in [6.45, 7) is 3.56. The molecule has 6 heteroatoms. The Morgan fingerprint density at radius 1 is 1.47 bits per heavy atom. The lowest BCUT2D eigenvalue weighted by molar-refractivity contribution is -0.130. The first-order valence-electron chi connectivity index (χ1n) is 4.70. The quantitative estimate of drug-likeness (QED) is 0.547. The van der Waals surface area contributed by atoms with Gasteiger partial charge >= 0.3 is 6.03 Å². The SMILES string of the molecule is CC1(C)NC(=O)N(CCCC(=O)S)C1=O. The first-order chi connectivity index (χ1) is 6.84. The fourth-order valence-electron chi connectivity index (χ4n) is 1.41. The van der Waals surface area contributed by atoms with Crippen molar-refractivity contribution in [1.29, 1.82) is 0 Å². The zero-order valence-electron chi connectivity index (χ0n) is 8.74. The Kier molecular flexibility index (Phi) is 3.38. The van der Waals surface area contributed by atoms with Crippen molar-refractivity contribution < 1.29 is 14.4 Å². The van der Waals surface area contributed by atoms with Gasteiger partial charge in [-0.1, -0.05) is 0 Å². The second-order valence-corrected chi connectivity index (χ2v) is 4.51. The molecule has 0 radical (unpaired) electrons. The van der Waals surface area contributed by atoms with Crippen molar-refractivity contribution in [2.24, 2.45) is 0 Å². The van der Waals surface area contributed by atoms with Gasteiger partial charge in [0.2, 0.25) is 0 Å². The van der Waals surface area contributed by atoms with Crippen molar-refractivity contribution in [3.8, 4) is 0 Å². The van der Waals surface area contributed by atoms with Gasteiger partial charge in [-0.3, -0.25) is 14.5 Å². The summed E-state index contributed by atoms with van der Waals surface area (Å²) < 4.78 is 0. The average Bonchev–Trinajstić information content (AvgIpc) is 2.26. The topological polar surface area (TPSA) is 66.5 Å². The van der Waals surface area contributed by atoms with Crippen molar-refractivity contribution in [3.05, 3.63) is 0 Å². The van der Waals surface area contributed by atoms with Crippen LogP contribution in [-0.2, 0) is 9.59 Å². The molecule has 1 saturated heterocycles. The molecular formula is C9H14N2O3S. The van der Waals surface area contributed by atoms with Crippen LogP contribution in [0.2, 0.25) is 0 Å². The minimum atomic E-state index is -0.831. The average molecular weight is 230 g/mol. The van der Waals surface area contributed by atoms with Crippen molar-refractivity contribution in [2.75, 3.05) is 6.54 Å². The van der Waals surface area contributed by atoms with E-state index in [1.165, 1.54) is 0 Å². The fourth-order valence-corrected chi connectivity index (χ4v) is 1.57. The van der Waals surface area contributed by atoms with Gasteiger partial charge in [-0.25, -0.2) is 4.79 Å². The lowest BCUT2D eigenvalue weighted by Crippen LogP contribution is -2.40. The summed E-state index contributed by atoms with van der Waals surface area (Å²) in [6, 6.07) is -0.392. The van der Waals surface area contributed by atoms with Crippen LogP contribution in [0.3, 0.4) is 0 Å². The summed E-state index contributed by atoms with van der Waals surface area (Å²) in [5.74, 6) is -0.251. The molecule has 15 heavy (non-hydrogen) atoms. The summed E-state index contributed by atoms with van der Waals surface area (Å²) in [6.07, 6.45) is 0.720. The zero-order valence-corrected chi connectivity index (χ0v) is 9.63. The van der Waals surface area contributed by atoms with Gasteiger partial charge in [0.05, 0.1) is 0 Å². The summed E-state index contributed by atoms with van der Waals surface area (Å²) in [4.78, 5) is 34.7. The number of urea groups is 1. The third-order valence-corrected chi connectivity index (χ3v) is 2.44. The van der Waals surface area contributed by atoms with Crippen molar-refractivity contribution in [2.45, 2.75) is 32.2 Å². The van der Waals surface area contributed by atoms with Crippen molar-refractivity contribution >= 4 is 29.7 Å². The van der Waals surface area contributed by atoms with E-state index in [9.17, 15) is 14.4 Å². The standard InChI is InChI=1S/C9H14N2O3S/c1-9(2)7(13)11(8(14)10-9)5-3-4-6(12)15/h3-5H2,1-2H3,(H,10,14)(H,12,15). The second-order valence-electron chi connectivity index (χ2n) is 4.01. The Morgan fingerprint density at radius 2 is 2.07 bits per heavy atom. The lowest BCUT2D eigenvalue weighted by atomic mass is 10.1. The Balaban J connectivity index is 2.52. The summed E-state index contributed by atoms with van der Waals surface area (Å²) in [5.41, 5.74) is -0.831. The number of rotatable bonds is 4. The van der Waals surface area contributed by atoms with Crippen LogP contribution in [0.4, 0.5) is 4.79 Å². The van der Waals surface area contributed by atoms with Gasteiger partial charge in [0.1, 0.15) is 5.54 Å². The first-order valence-corrected chi connectivity index (χ1v) is 5.15. The maximum Gasteiger partial charge on any atom is 0.325 e. The van der Waals surface area contributed by atoms with E-state index in [1.807, 2.05) is 0 Å².